The Bertz CT molecular complexity index is 857. The number of amides is 1. The second-order valence-corrected chi connectivity index (χ2v) is 7.76. The highest BCUT2D eigenvalue weighted by atomic mass is 16.5. The van der Waals surface area contributed by atoms with E-state index >= 15 is 0 Å². The van der Waals surface area contributed by atoms with Crippen molar-refractivity contribution >= 4 is 17.4 Å². The van der Waals surface area contributed by atoms with E-state index in [1.54, 1.807) is 42.3 Å². The van der Waals surface area contributed by atoms with Gasteiger partial charge in [-0.05, 0) is 55.2 Å². The number of anilines is 1. The Balaban J connectivity index is 2.00. The number of phenolic OH excluding ortho intramolecular Hbond substituents is 1. The Morgan fingerprint density at radius 3 is 2.37 bits per heavy atom. The second-order valence-electron chi connectivity index (χ2n) is 7.76. The minimum Gasteiger partial charge on any atom is -0.507 e. The number of rotatable bonds is 4. The summed E-state index contributed by atoms with van der Waals surface area (Å²) in [6.45, 7) is 5.87. The molecule has 0 radical (unpaired) electrons. The predicted molar refractivity (Wildman–Crippen MR) is 104 cm³/mol. The molecule has 1 aliphatic rings. The molecule has 1 amide bonds. The first kappa shape index (κ1) is 19.0. The molecular formula is C22H25NO4. The Kier molecular flexibility index (Phi) is 4.96. The molecule has 1 N–H and O–H groups in total. The topological polar surface area (TPSA) is 66.8 Å². The van der Waals surface area contributed by atoms with Gasteiger partial charge < -0.3 is 14.7 Å². The van der Waals surface area contributed by atoms with Crippen LogP contribution in [0, 0.1) is 11.3 Å². The van der Waals surface area contributed by atoms with E-state index in [0.29, 0.717) is 12.2 Å². The molecule has 1 fully saturated rings. The van der Waals surface area contributed by atoms with Crippen molar-refractivity contribution in [2.24, 2.45) is 11.3 Å². The van der Waals surface area contributed by atoms with E-state index < -0.39 is 11.3 Å². The summed E-state index contributed by atoms with van der Waals surface area (Å²) >= 11 is 0. The number of aromatic hydroxyl groups is 1. The smallest absolute Gasteiger partial charge is 0.238 e. The molecule has 142 valence electrons. The van der Waals surface area contributed by atoms with E-state index in [0.717, 1.165) is 5.69 Å². The SMILES string of the molecule is COc1ccc(N2C(=O)C(C(=O)c3ccccc3O)C(C)(C)CC2C)cc1. The number of hydrogen-bond donors (Lipinski definition) is 1. The number of carbonyl (C=O) groups is 2. The maximum Gasteiger partial charge on any atom is 0.238 e. The number of hydrogen-bond acceptors (Lipinski definition) is 4. The third-order valence-corrected chi connectivity index (χ3v) is 5.31. The minimum absolute atomic E-state index is 0.0469. The van der Waals surface area contributed by atoms with Gasteiger partial charge in [0.05, 0.1) is 12.7 Å². The van der Waals surface area contributed by atoms with Gasteiger partial charge in [0.2, 0.25) is 5.91 Å². The number of nitrogens with zero attached hydrogens (tertiary/aromatic N) is 1. The lowest BCUT2D eigenvalue weighted by atomic mass is 9.67. The zero-order chi connectivity index (χ0) is 19.8. The van der Waals surface area contributed by atoms with Crippen LogP contribution in [0.15, 0.2) is 48.5 Å². The van der Waals surface area contributed by atoms with Gasteiger partial charge >= 0.3 is 0 Å². The summed E-state index contributed by atoms with van der Waals surface area (Å²) < 4.78 is 5.19. The fourth-order valence-corrected chi connectivity index (χ4v) is 4.09. The highest BCUT2D eigenvalue weighted by molar-refractivity contribution is 6.16. The minimum atomic E-state index is -0.857. The summed E-state index contributed by atoms with van der Waals surface area (Å²) in [5.74, 6) is -0.825. The summed E-state index contributed by atoms with van der Waals surface area (Å²) in [7, 11) is 1.59. The van der Waals surface area contributed by atoms with Crippen LogP contribution in [-0.2, 0) is 4.79 Å². The molecule has 0 spiro atoms. The molecule has 1 heterocycles. The van der Waals surface area contributed by atoms with Crippen molar-refractivity contribution in [3.8, 4) is 11.5 Å². The molecule has 0 saturated carbocycles. The first-order chi connectivity index (χ1) is 12.8. The number of benzene rings is 2. The summed E-state index contributed by atoms with van der Waals surface area (Å²) in [6, 6.07) is 13.6. The first-order valence-corrected chi connectivity index (χ1v) is 9.05. The van der Waals surface area contributed by atoms with Crippen molar-refractivity contribution in [1.82, 2.24) is 0 Å². The van der Waals surface area contributed by atoms with Crippen LogP contribution in [-0.4, -0.2) is 29.9 Å². The van der Waals surface area contributed by atoms with Gasteiger partial charge in [0, 0.05) is 11.7 Å². The van der Waals surface area contributed by atoms with Gasteiger partial charge in [0.1, 0.15) is 17.4 Å². The second kappa shape index (κ2) is 7.06. The zero-order valence-electron chi connectivity index (χ0n) is 16.1. The summed E-state index contributed by atoms with van der Waals surface area (Å²) in [4.78, 5) is 28.3. The summed E-state index contributed by atoms with van der Waals surface area (Å²) in [6.07, 6.45) is 0.675. The van der Waals surface area contributed by atoms with Crippen molar-refractivity contribution < 1.29 is 19.4 Å². The van der Waals surface area contributed by atoms with Crippen LogP contribution in [0.1, 0.15) is 37.6 Å². The predicted octanol–water partition coefficient (Wildman–Crippen LogP) is 4.05. The average molecular weight is 367 g/mol. The number of ketones is 1. The third kappa shape index (κ3) is 3.42. The van der Waals surface area contributed by atoms with Crippen LogP contribution < -0.4 is 9.64 Å². The fraction of sp³-hybridized carbons (Fsp3) is 0.364. The van der Waals surface area contributed by atoms with Crippen molar-refractivity contribution in [1.29, 1.82) is 0 Å². The molecule has 2 aromatic rings. The van der Waals surface area contributed by atoms with Crippen molar-refractivity contribution in [3.63, 3.8) is 0 Å². The van der Waals surface area contributed by atoms with Crippen molar-refractivity contribution in [2.75, 3.05) is 12.0 Å². The van der Waals surface area contributed by atoms with Crippen molar-refractivity contribution in [3.05, 3.63) is 54.1 Å². The Morgan fingerprint density at radius 1 is 1.15 bits per heavy atom. The lowest BCUT2D eigenvalue weighted by molar-refractivity contribution is -0.127. The molecule has 1 saturated heterocycles. The van der Waals surface area contributed by atoms with E-state index in [9.17, 15) is 14.7 Å². The number of piperidine rings is 1. The molecule has 27 heavy (non-hydrogen) atoms. The number of methoxy groups -OCH3 is 1. The quantitative estimate of drug-likeness (QED) is 0.654. The summed E-state index contributed by atoms with van der Waals surface area (Å²) in [5.41, 5.74) is 0.408. The van der Waals surface area contributed by atoms with Gasteiger partial charge in [-0.1, -0.05) is 26.0 Å². The van der Waals surface area contributed by atoms with Crippen LogP contribution in [0.25, 0.3) is 0 Å². The van der Waals surface area contributed by atoms with Crippen molar-refractivity contribution in [2.45, 2.75) is 33.2 Å². The molecule has 0 aromatic heterocycles. The highest BCUT2D eigenvalue weighted by Crippen LogP contribution is 2.43. The van der Waals surface area contributed by atoms with Gasteiger partial charge in [-0.2, -0.15) is 0 Å². The normalized spacial score (nSPS) is 21.8. The number of Topliss-reactive ketones (excluding diaryl/α,β-unsaturated/α-hetero) is 1. The fourth-order valence-electron chi connectivity index (χ4n) is 4.09. The zero-order valence-corrected chi connectivity index (χ0v) is 16.1. The van der Waals surface area contributed by atoms with E-state index in [-0.39, 0.29) is 29.0 Å². The lowest BCUT2D eigenvalue weighted by Crippen LogP contribution is -2.56. The molecule has 0 aliphatic carbocycles. The monoisotopic (exact) mass is 367 g/mol. The van der Waals surface area contributed by atoms with Crippen LogP contribution >= 0.6 is 0 Å². The van der Waals surface area contributed by atoms with Crippen LogP contribution in [0.2, 0.25) is 0 Å². The maximum absolute atomic E-state index is 13.4. The number of carbonyl (C=O) groups excluding carboxylic acids is 2. The number of ether oxygens (including phenoxy) is 1. The largest absolute Gasteiger partial charge is 0.507 e. The molecule has 5 heteroatoms. The number of phenols is 1. The van der Waals surface area contributed by atoms with Gasteiger partial charge in [-0.25, -0.2) is 0 Å². The van der Waals surface area contributed by atoms with Crippen LogP contribution in [0.3, 0.4) is 0 Å². The molecule has 3 rings (SSSR count). The Morgan fingerprint density at radius 2 is 1.78 bits per heavy atom. The first-order valence-electron chi connectivity index (χ1n) is 9.05. The molecule has 5 nitrogen and oxygen atoms in total. The molecule has 0 bridgehead atoms. The van der Waals surface area contributed by atoms with E-state index in [2.05, 4.69) is 0 Å². The maximum atomic E-state index is 13.4. The van der Waals surface area contributed by atoms with Gasteiger partial charge in [-0.3, -0.25) is 9.59 Å². The third-order valence-electron chi connectivity index (χ3n) is 5.31. The van der Waals surface area contributed by atoms with E-state index in [1.165, 1.54) is 6.07 Å². The molecule has 1 aliphatic heterocycles. The molecule has 2 unspecified atom stereocenters. The number of para-hydroxylation sites is 1. The molecular weight excluding hydrogens is 342 g/mol. The van der Waals surface area contributed by atoms with Gasteiger partial charge in [0.15, 0.2) is 5.78 Å². The Hall–Kier alpha value is -2.82. The van der Waals surface area contributed by atoms with Gasteiger partial charge in [-0.15, -0.1) is 0 Å². The molecule has 2 atom stereocenters. The van der Waals surface area contributed by atoms with E-state index in [4.69, 9.17) is 4.74 Å². The molecule has 2 aromatic carbocycles. The van der Waals surface area contributed by atoms with Crippen LogP contribution in [0.5, 0.6) is 11.5 Å². The Labute approximate surface area is 159 Å². The van der Waals surface area contributed by atoms with Crippen LogP contribution in [0.4, 0.5) is 5.69 Å². The standard InChI is InChI=1S/C22H25NO4/c1-14-13-22(2,3)19(20(25)17-7-5-6-8-18(17)24)21(26)23(14)15-9-11-16(27-4)12-10-15/h5-12,14,19,24H,13H2,1-4H3. The summed E-state index contributed by atoms with van der Waals surface area (Å²) in [5, 5.41) is 10.1. The average Bonchev–Trinajstić information content (AvgIpc) is 2.61. The lowest BCUT2D eigenvalue weighted by Gasteiger charge is -2.46. The highest BCUT2D eigenvalue weighted by Gasteiger charge is 2.49. The van der Waals surface area contributed by atoms with Gasteiger partial charge in [0.25, 0.3) is 0 Å². The van der Waals surface area contributed by atoms with E-state index in [1.807, 2.05) is 32.9 Å².